The number of nitrogens with two attached hydrogens (primary N) is 1. The van der Waals surface area contributed by atoms with Gasteiger partial charge in [0.2, 0.25) is 10.0 Å². The molecule has 0 aliphatic carbocycles. The van der Waals surface area contributed by atoms with Gasteiger partial charge in [0.05, 0.1) is 23.3 Å². The summed E-state index contributed by atoms with van der Waals surface area (Å²) < 4.78 is 34.4. The molecule has 0 radical (unpaired) electrons. The molecule has 142 valence electrons. The molecule has 0 spiro atoms. The molecule has 2 aromatic heterocycles. The van der Waals surface area contributed by atoms with Crippen LogP contribution in [0.5, 0.6) is 0 Å². The van der Waals surface area contributed by atoms with Crippen molar-refractivity contribution in [3.63, 3.8) is 0 Å². The van der Waals surface area contributed by atoms with Crippen LogP contribution in [0.1, 0.15) is 16.1 Å². The average molecular weight is 397 g/mol. The molecule has 0 aliphatic heterocycles. The molecule has 1 aromatic carbocycles. The van der Waals surface area contributed by atoms with Crippen molar-refractivity contribution in [2.24, 2.45) is 0 Å². The van der Waals surface area contributed by atoms with E-state index in [1.807, 2.05) is 6.07 Å². The van der Waals surface area contributed by atoms with Gasteiger partial charge >= 0.3 is 5.97 Å². The fraction of sp³-hybridized carbons (Fsp3) is 0.0588. The Morgan fingerprint density at radius 3 is 2.46 bits per heavy atom. The highest BCUT2D eigenvalue weighted by molar-refractivity contribution is 7.94. The normalized spacial score (nSPS) is 10.9. The van der Waals surface area contributed by atoms with E-state index >= 15 is 0 Å². The third kappa shape index (κ3) is 3.49. The molecule has 28 heavy (non-hydrogen) atoms. The van der Waals surface area contributed by atoms with Crippen LogP contribution in [-0.2, 0) is 14.8 Å². The summed E-state index contributed by atoms with van der Waals surface area (Å²) in [5, 5.41) is 9.15. The molecular formula is C17H13N6O4S-. The van der Waals surface area contributed by atoms with Crippen molar-refractivity contribution >= 4 is 27.6 Å². The zero-order valence-electron chi connectivity index (χ0n) is 14.5. The second kappa shape index (κ2) is 7.37. The number of sulfonamides is 1. The lowest BCUT2D eigenvalue weighted by atomic mass is 10.2. The lowest BCUT2D eigenvalue weighted by molar-refractivity contribution is 0.0593. The highest BCUT2D eigenvalue weighted by atomic mass is 32.2. The Bertz CT molecular complexity index is 1160. The lowest BCUT2D eigenvalue weighted by Crippen LogP contribution is -2.11. The van der Waals surface area contributed by atoms with Crippen molar-refractivity contribution < 1.29 is 17.9 Å². The Morgan fingerprint density at radius 2 is 1.89 bits per heavy atom. The van der Waals surface area contributed by atoms with Gasteiger partial charge in [-0.1, -0.05) is 6.07 Å². The van der Waals surface area contributed by atoms with E-state index < -0.39 is 16.0 Å². The van der Waals surface area contributed by atoms with Crippen LogP contribution in [0.25, 0.3) is 10.4 Å². The number of anilines is 1. The average Bonchev–Trinajstić information content (AvgIpc) is 3.04. The van der Waals surface area contributed by atoms with E-state index in [2.05, 4.69) is 14.7 Å². The van der Waals surface area contributed by atoms with Crippen molar-refractivity contribution in [2.75, 3.05) is 12.8 Å². The summed E-state index contributed by atoms with van der Waals surface area (Å²) in [6.07, 6.45) is 4.12. The van der Waals surface area contributed by atoms with Gasteiger partial charge in [-0.15, -0.1) is 0 Å². The number of nitrogen functional groups attached to an aromatic ring is 1. The summed E-state index contributed by atoms with van der Waals surface area (Å²) in [6, 6.07) is 8.93. The summed E-state index contributed by atoms with van der Waals surface area (Å²) in [6.45, 7) is 0. The quantitative estimate of drug-likeness (QED) is 0.640. The zero-order chi connectivity index (χ0) is 20.3. The Hall–Kier alpha value is -3.91. The van der Waals surface area contributed by atoms with Gasteiger partial charge in [-0.25, -0.2) is 13.2 Å². The van der Waals surface area contributed by atoms with Gasteiger partial charge in [0.1, 0.15) is 6.07 Å². The molecular weight excluding hydrogens is 384 g/mol. The predicted molar refractivity (Wildman–Crippen MR) is 98.5 cm³/mol. The van der Waals surface area contributed by atoms with Crippen LogP contribution >= 0.6 is 0 Å². The highest BCUT2D eigenvalue weighted by Crippen LogP contribution is 2.27. The van der Waals surface area contributed by atoms with Gasteiger partial charge in [0.25, 0.3) is 0 Å². The molecule has 3 aromatic rings. The number of aromatic nitrogens is 3. The van der Waals surface area contributed by atoms with E-state index in [0.717, 1.165) is 0 Å². The number of hydrogen-bond acceptors (Lipinski definition) is 8. The van der Waals surface area contributed by atoms with Gasteiger partial charge in [-0.3, -0.25) is 4.72 Å². The predicted octanol–water partition coefficient (Wildman–Crippen LogP) is 1.90. The topological polar surface area (TPSA) is 155 Å². The maximum Gasteiger partial charge on any atom is 0.357 e. The fourth-order valence-electron chi connectivity index (χ4n) is 2.40. The maximum absolute atomic E-state index is 12.4. The molecule has 0 saturated carbocycles. The van der Waals surface area contributed by atoms with Crippen molar-refractivity contribution in [1.29, 1.82) is 5.26 Å². The largest absolute Gasteiger partial charge is 0.464 e. The first kappa shape index (κ1) is 18.9. The van der Waals surface area contributed by atoms with E-state index in [-0.39, 0.29) is 27.8 Å². The maximum atomic E-state index is 12.4. The summed E-state index contributed by atoms with van der Waals surface area (Å²) in [7, 11) is -2.84. The molecule has 11 heteroatoms. The molecule has 0 fully saturated rings. The fourth-order valence-corrected chi connectivity index (χ4v) is 3.29. The molecule has 0 atom stereocenters. The third-order valence-corrected chi connectivity index (χ3v) is 4.98. The minimum absolute atomic E-state index is 0.0257. The Labute approximate surface area is 160 Å². The van der Waals surface area contributed by atoms with Crippen molar-refractivity contribution in [3.05, 3.63) is 64.9 Å². The van der Waals surface area contributed by atoms with Gasteiger partial charge in [-0.2, -0.15) is 5.26 Å². The van der Waals surface area contributed by atoms with E-state index in [0.29, 0.717) is 5.69 Å². The van der Waals surface area contributed by atoms with E-state index in [1.54, 1.807) is 0 Å². The van der Waals surface area contributed by atoms with Gasteiger partial charge in [0.15, 0.2) is 5.69 Å². The molecule has 0 amide bonds. The molecule has 10 nitrogen and oxygen atoms in total. The smallest absolute Gasteiger partial charge is 0.357 e. The molecule has 0 saturated heterocycles. The molecule has 3 rings (SSSR count). The van der Waals surface area contributed by atoms with Crippen LogP contribution in [-0.4, -0.2) is 36.0 Å². The van der Waals surface area contributed by atoms with Crippen LogP contribution in [0.15, 0.2) is 53.8 Å². The number of methoxy groups -OCH3 is 1. The number of hydrogen-bond donors (Lipinski definition) is 1. The SMILES string of the molecule is COC(=O)c1c(N)c(C#N)cn1-c1ccc(S(=O)(=O)[N-]c2ncccn2)cc1. The molecule has 2 N–H and O–H groups in total. The lowest BCUT2D eigenvalue weighted by Gasteiger charge is -2.13. The summed E-state index contributed by atoms with van der Waals surface area (Å²) in [4.78, 5) is 19.5. The number of carbonyl (C=O) groups is 1. The first-order valence-corrected chi connectivity index (χ1v) is 9.16. The second-order valence-corrected chi connectivity index (χ2v) is 6.99. The van der Waals surface area contributed by atoms with Crippen molar-refractivity contribution in [2.45, 2.75) is 4.90 Å². The monoisotopic (exact) mass is 397 g/mol. The number of rotatable bonds is 5. The number of nitriles is 1. The zero-order valence-corrected chi connectivity index (χ0v) is 15.3. The minimum atomic E-state index is -4.03. The van der Waals surface area contributed by atoms with E-state index in [4.69, 9.17) is 15.7 Å². The van der Waals surface area contributed by atoms with E-state index in [9.17, 15) is 13.2 Å². The van der Waals surface area contributed by atoms with Crippen LogP contribution in [0, 0.1) is 11.3 Å². The van der Waals surface area contributed by atoms with Crippen LogP contribution < -0.4 is 5.73 Å². The van der Waals surface area contributed by atoms with Crippen molar-refractivity contribution in [1.82, 2.24) is 14.5 Å². The first-order chi connectivity index (χ1) is 13.4. The summed E-state index contributed by atoms with van der Waals surface area (Å²) in [5.41, 5.74) is 6.29. The van der Waals surface area contributed by atoms with E-state index in [1.165, 1.54) is 60.6 Å². The highest BCUT2D eigenvalue weighted by Gasteiger charge is 2.22. The molecule has 0 bridgehead atoms. The summed E-state index contributed by atoms with van der Waals surface area (Å²) in [5.74, 6) is -0.914. The minimum Gasteiger partial charge on any atom is -0.464 e. The molecule has 2 heterocycles. The molecule has 0 unspecified atom stereocenters. The van der Waals surface area contributed by atoms with Crippen LogP contribution in [0.2, 0.25) is 0 Å². The second-order valence-electron chi connectivity index (χ2n) is 5.39. The number of benzene rings is 1. The summed E-state index contributed by atoms with van der Waals surface area (Å²) >= 11 is 0. The Balaban J connectivity index is 1.98. The van der Waals surface area contributed by atoms with Crippen LogP contribution in [0.4, 0.5) is 11.6 Å². The third-order valence-electron chi connectivity index (χ3n) is 3.71. The van der Waals surface area contributed by atoms with Gasteiger partial charge in [0, 0.05) is 17.8 Å². The number of ether oxygens (including phenoxy) is 1. The number of carbonyl (C=O) groups excluding carboxylic acids is 1. The Kier molecular flexibility index (Phi) is 4.97. The number of esters is 1. The Morgan fingerprint density at radius 1 is 1.25 bits per heavy atom. The number of nitrogens with zero attached hydrogens (tertiary/aromatic N) is 5. The standard InChI is InChI=1S/C17H14N6O4S/c1-27-16(24)15-14(19)11(9-18)10-23(15)12-3-5-13(6-4-12)28(25,26)22-17-20-7-2-8-21-17/h2-8,10H,1H3,(H3,19,20,21,22,24)/p-1. The van der Waals surface area contributed by atoms with Gasteiger partial charge < -0.3 is 25.0 Å². The van der Waals surface area contributed by atoms with Crippen LogP contribution in [0.3, 0.4) is 0 Å². The van der Waals surface area contributed by atoms with Crippen molar-refractivity contribution in [3.8, 4) is 11.8 Å². The molecule has 0 aliphatic rings. The van der Waals surface area contributed by atoms with Gasteiger partial charge in [-0.05, 0) is 36.7 Å². The first-order valence-electron chi connectivity index (χ1n) is 7.72.